The average Bonchev–Trinajstić information content (AvgIpc) is 2.70. The van der Waals surface area contributed by atoms with E-state index >= 15 is 0 Å². The van der Waals surface area contributed by atoms with E-state index in [1.54, 1.807) is 6.20 Å². The molecule has 2 aromatic heterocycles. The van der Waals surface area contributed by atoms with Crippen LogP contribution in [-0.4, -0.2) is 20.2 Å². The maximum atomic E-state index is 7.54. The van der Waals surface area contributed by atoms with Gasteiger partial charge in [-0.2, -0.15) is 4.37 Å². The first-order chi connectivity index (χ1) is 7.68. The van der Waals surface area contributed by atoms with Crippen molar-refractivity contribution in [3.63, 3.8) is 0 Å². The van der Waals surface area contributed by atoms with Crippen molar-refractivity contribution in [3.8, 4) is 0 Å². The number of nitrogens with two attached hydrogens (primary N) is 1. The number of amidine groups is 1. The molecule has 7 heteroatoms. The van der Waals surface area contributed by atoms with E-state index in [0.717, 1.165) is 9.90 Å². The largest absolute Gasteiger partial charge is 0.384 e. The summed E-state index contributed by atoms with van der Waals surface area (Å²) in [6.07, 6.45) is 3.20. The van der Waals surface area contributed by atoms with Crippen LogP contribution in [0.3, 0.4) is 0 Å². The normalized spacial score (nSPS) is 10.3. The van der Waals surface area contributed by atoms with E-state index in [2.05, 4.69) is 14.3 Å². The van der Waals surface area contributed by atoms with Crippen LogP contribution in [0.25, 0.3) is 0 Å². The first kappa shape index (κ1) is 11.0. The molecule has 5 nitrogen and oxygen atoms in total. The van der Waals surface area contributed by atoms with Crippen molar-refractivity contribution in [1.29, 1.82) is 5.41 Å². The molecule has 0 saturated heterocycles. The lowest BCUT2D eigenvalue weighted by Gasteiger charge is -2.07. The zero-order valence-electron chi connectivity index (χ0n) is 8.47. The Hall–Kier alpha value is -1.47. The Kier molecular flexibility index (Phi) is 3.16. The van der Waals surface area contributed by atoms with Crippen LogP contribution in [-0.2, 0) is 0 Å². The number of aryl methyl sites for hydroxylation is 1. The smallest absolute Gasteiger partial charge is 0.176 e. The summed E-state index contributed by atoms with van der Waals surface area (Å²) in [4.78, 5) is 8.28. The topological polar surface area (TPSA) is 88.5 Å². The van der Waals surface area contributed by atoms with Crippen molar-refractivity contribution in [2.75, 3.05) is 0 Å². The molecular weight excluding hydrogens is 242 g/mol. The molecule has 0 aromatic carbocycles. The Labute approximate surface area is 101 Å². The monoisotopic (exact) mass is 251 g/mol. The number of hydrogen-bond acceptors (Lipinski definition) is 6. The number of hydrogen-bond donors (Lipinski definition) is 2. The molecule has 16 heavy (non-hydrogen) atoms. The van der Waals surface area contributed by atoms with Gasteiger partial charge in [0.25, 0.3) is 0 Å². The van der Waals surface area contributed by atoms with E-state index < -0.39 is 0 Å². The number of aromatic nitrogens is 3. The second-order valence-corrected chi connectivity index (χ2v) is 5.05. The highest BCUT2D eigenvalue weighted by molar-refractivity contribution is 8.01. The van der Waals surface area contributed by atoms with Crippen molar-refractivity contribution < 1.29 is 0 Å². The van der Waals surface area contributed by atoms with E-state index in [4.69, 9.17) is 11.1 Å². The zero-order chi connectivity index (χ0) is 11.5. The molecule has 0 aliphatic carbocycles. The second-order valence-electron chi connectivity index (χ2n) is 3.03. The van der Waals surface area contributed by atoms with Crippen molar-refractivity contribution in [3.05, 3.63) is 29.7 Å². The van der Waals surface area contributed by atoms with Crippen LogP contribution in [0.4, 0.5) is 0 Å². The molecule has 0 fully saturated rings. The van der Waals surface area contributed by atoms with Gasteiger partial charge in [0, 0.05) is 6.20 Å². The van der Waals surface area contributed by atoms with Crippen molar-refractivity contribution in [2.24, 2.45) is 5.73 Å². The van der Waals surface area contributed by atoms with Gasteiger partial charge < -0.3 is 5.73 Å². The maximum absolute atomic E-state index is 7.54. The fourth-order valence-corrected chi connectivity index (χ4v) is 2.77. The fraction of sp³-hybridized carbons (Fsp3) is 0.111. The summed E-state index contributed by atoms with van der Waals surface area (Å²) in [6.45, 7) is 1.91. The second kappa shape index (κ2) is 4.58. The maximum Gasteiger partial charge on any atom is 0.176 e. The highest BCUT2D eigenvalue weighted by atomic mass is 32.2. The average molecular weight is 251 g/mol. The molecule has 0 saturated carbocycles. The summed E-state index contributed by atoms with van der Waals surface area (Å²) < 4.78 is 4.70. The molecule has 2 aromatic rings. The molecule has 0 aliphatic rings. The van der Waals surface area contributed by atoms with Crippen molar-refractivity contribution >= 4 is 29.1 Å². The summed E-state index contributed by atoms with van der Waals surface area (Å²) >= 11 is 2.67. The van der Waals surface area contributed by atoms with Gasteiger partial charge in [-0.3, -0.25) is 5.41 Å². The van der Waals surface area contributed by atoms with Gasteiger partial charge in [0.15, 0.2) is 4.34 Å². The predicted molar refractivity (Wildman–Crippen MR) is 64.0 cm³/mol. The summed E-state index contributed by atoms with van der Waals surface area (Å²) in [5, 5.41) is 8.24. The lowest BCUT2D eigenvalue weighted by molar-refractivity contribution is 1.08. The number of pyridine rings is 1. The third-order valence-electron chi connectivity index (χ3n) is 1.92. The summed E-state index contributed by atoms with van der Waals surface area (Å²) in [7, 11) is 0. The molecule has 2 heterocycles. The molecule has 0 unspecified atom stereocenters. The SMILES string of the molecule is Cc1ccnc(Sc2ncns2)c1C(=N)N. The Morgan fingerprint density at radius 3 is 2.94 bits per heavy atom. The minimum absolute atomic E-state index is 0.0256. The molecule has 0 radical (unpaired) electrons. The summed E-state index contributed by atoms with van der Waals surface area (Å²) in [6, 6.07) is 1.83. The third kappa shape index (κ3) is 2.20. The van der Waals surface area contributed by atoms with Gasteiger partial charge in [0.2, 0.25) is 0 Å². The standard InChI is InChI=1S/C9H9N5S2/c1-5-2-3-12-8(6(5)7(10)11)15-9-13-4-14-16-9/h2-4H,1H3,(H3,10,11). The molecule has 0 bridgehead atoms. The Balaban J connectivity index is 2.40. The molecule has 3 N–H and O–H groups in total. The van der Waals surface area contributed by atoms with Crippen LogP contribution in [0.1, 0.15) is 11.1 Å². The molecule has 0 atom stereocenters. The van der Waals surface area contributed by atoms with Gasteiger partial charge in [-0.1, -0.05) is 0 Å². The van der Waals surface area contributed by atoms with Crippen LogP contribution < -0.4 is 5.73 Å². The molecular formula is C9H9N5S2. The minimum Gasteiger partial charge on any atom is -0.384 e. The van der Waals surface area contributed by atoms with Gasteiger partial charge in [0.1, 0.15) is 17.2 Å². The van der Waals surface area contributed by atoms with Crippen LogP contribution in [0, 0.1) is 12.3 Å². The van der Waals surface area contributed by atoms with Crippen LogP contribution in [0.15, 0.2) is 28.0 Å². The van der Waals surface area contributed by atoms with Crippen LogP contribution >= 0.6 is 23.3 Å². The van der Waals surface area contributed by atoms with E-state index in [-0.39, 0.29) is 5.84 Å². The summed E-state index contributed by atoms with van der Waals surface area (Å²) in [5.74, 6) is 0.0256. The molecule has 0 spiro atoms. The molecule has 0 aliphatic heterocycles. The van der Waals surface area contributed by atoms with Gasteiger partial charge in [-0.25, -0.2) is 9.97 Å². The van der Waals surface area contributed by atoms with E-state index in [1.807, 2.05) is 13.0 Å². The van der Waals surface area contributed by atoms with Gasteiger partial charge in [-0.05, 0) is 41.8 Å². The Bertz CT molecular complexity index is 509. The first-order valence-corrected chi connectivity index (χ1v) is 6.02. The lowest BCUT2D eigenvalue weighted by atomic mass is 10.1. The molecule has 0 amide bonds. The Morgan fingerprint density at radius 1 is 1.50 bits per heavy atom. The number of rotatable bonds is 3. The first-order valence-electron chi connectivity index (χ1n) is 4.43. The fourth-order valence-electron chi connectivity index (χ4n) is 1.23. The molecule has 2 rings (SSSR count). The van der Waals surface area contributed by atoms with Crippen molar-refractivity contribution in [2.45, 2.75) is 16.3 Å². The van der Waals surface area contributed by atoms with E-state index in [1.165, 1.54) is 29.6 Å². The molecule has 82 valence electrons. The zero-order valence-corrected chi connectivity index (χ0v) is 10.1. The van der Waals surface area contributed by atoms with Crippen LogP contribution in [0.2, 0.25) is 0 Å². The quantitative estimate of drug-likeness (QED) is 0.640. The third-order valence-corrected chi connectivity index (χ3v) is 3.64. The number of nitrogens with zero attached hydrogens (tertiary/aromatic N) is 3. The number of nitrogen functional groups attached to an aromatic ring is 1. The number of nitrogens with one attached hydrogen (secondary N) is 1. The lowest BCUT2D eigenvalue weighted by Crippen LogP contribution is -2.14. The van der Waals surface area contributed by atoms with E-state index in [9.17, 15) is 0 Å². The summed E-state index contributed by atoms with van der Waals surface area (Å²) in [5.41, 5.74) is 7.15. The van der Waals surface area contributed by atoms with E-state index in [0.29, 0.717) is 10.6 Å². The van der Waals surface area contributed by atoms with Crippen LogP contribution in [0.5, 0.6) is 0 Å². The Morgan fingerprint density at radius 2 is 2.31 bits per heavy atom. The van der Waals surface area contributed by atoms with Gasteiger partial charge in [-0.15, -0.1) is 0 Å². The van der Waals surface area contributed by atoms with Gasteiger partial charge >= 0.3 is 0 Å². The van der Waals surface area contributed by atoms with Crippen molar-refractivity contribution in [1.82, 2.24) is 14.3 Å². The van der Waals surface area contributed by atoms with Gasteiger partial charge in [0.05, 0.1) is 5.56 Å². The highest BCUT2D eigenvalue weighted by Crippen LogP contribution is 2.30. The minimum atomic E-state index is 0.0256. The highest BCUT2D eigenvalue weighted by Gasteiger charge is 2.12. The predicted octanol–water partition coefficient (Wildman–Crippen LogP) is 1.68.